The number of rotatable bonds is 6. The smallest absolute Gasteiger partial charge is 0.191 e. The molecule has 1 aromatic carbocycles. The van der Waals surface area contributed by atoms with Gasteiger partial charge in [-0.05, 0) is 32.0 Å². The van der Waals surface area contributed by atoms with E-state index >= 15 is 0 Å². The Hall–Kier alpha value is -1.53. The van der Waals surface area contributed by atoms with Crippen LogP contribution in [-0.2, 0) is 0 Å². The van der Waals surface area contributed by atoms with E-state index in [1.54, 1.807) is 24.5 Å². The number of hydrogen-bond donors (Lipinski definition) is 0. The average Bonchev–Trinajstić information content (AvgIpc) is 2.93. The molecule has 21 heavy (non-hydrogen) atoms. The third kappa shape index (κ3) is 3.77. The number of ketones is 1. The number of carbonyl (C=O) groups is 1. The van der Waals surface area contributed by atoms with Crippen molar-refractivity contribution < 1.29 is 9.53 Å². The van der Waals surface area contributed by atoms with Crippen molar-refractivity contribution >= 4 is 29.1 Å². The number of carbonyl (C=O) groups excluding carboxylic acids is 1. The fourth-order valence-corrected chi connectivity index (χ4v) is 2.94. The second-order valence-electron chi connectivity index (χ2n) is 4.68. The summed E-state index contributed by atoms with van der Waals surface area (Å²) >= 11 is 7.40. The number of aromatic nitrogens is 3. The number of nitrogens with zero attached hydrogens (tertiary/aromatic N) is 3. The molecule has 0 radical (unpaired) electrons. The first-order valence-electron chi connectivity index (χ1n) is 6.42. The van der Waals surface area contributed by atoms with Crippen molar-refractivity contribution in [3.05, 3.63) is 35.1 Å². The predicted octanol–water partition coefficient (Wildman–Crippen LogP) is 3.50. The van der Waals surface area contributed by atoms with Crippen molar-refractivity contribution in [3.63, 3.8) is 0 Å². The number of ether oxygens (including phenoxy) is 1. The fourth-order valence-electron chi connectivity index (χ4n) is 1.74. The third-order valence-electron chi connectivity index (χ3n) is 2.90. The van der Waals surface area contributed by atoms with Gasteiger partial charge in [-0.15, -0.1) is 10.2 Å². The first-order chi connectivity index (χ1) is 10.0. The largest absolute Gasteiger partial charge is 0.495 e. The Morgan fingerprint density at radius 3 is 2.86 bits per heavy atom. The Bertz CT molecular complexity index is 643. The van der Waals surface area contributed by atoms with Gasteiger partial charge in [0.15, 0.2) is 10.9 Å². The Balaban J connectivity index is 2.05. The summed E-state index contributed by atoms with van der Waals surface area (Å²) in [6, 6.07) is 5.28. The molecule has 0 saturated heterocycles. The van der Waals surface area contributed by atoms with Crippen molar-refractivity contribution in [2.75, 3.05) is 12.9 Å². The van der Waals surface area contributed by atoms with Gasteiger partial charge in [0.2, 0.25) is 0 Å². The molecular formula is C14H16ClN3O2S. The van der Waals surface area contributed by atoms with E-state index in [-0.39, 0.29) is 17.6 Å². The quantitative estimate of drug-likeness (QED) is 0.601. The lowest BCUT2D eigenvalue weighted by atomic mass is 10.1. The molecule has 1 heterocycles. The van der Waals surface area contributed by atoms with Gasteiger partial charge in [-0.2, -0.15) is 0 Å². The van der Waals surface area contributed by atoms with E-state index in [9.17, 15) is 4.79 Å². The Labute approximate surface area is 132 Å². The summed E-state index contributed by atoms with van der Waals surface area (Å²) < 4.78 is 7.00. The van der Waals surface area contributed by atoms with Crippen molar-refractivity contribution in [3.8, 4) is 5.75 Å². The molecule has 0 N–H and O–H groups in total. The number of methoxy groups -OCH3 is 1. The molecule has 0 atom stereocenters. The second kappa shape index (κ2) is 6.95. The fraction of sp³-hybridized carbons (Fsp3) is 0.357. The first-order valence-corrected chi connectivity index (χ1v) is 7.78. The number of benzene rings is 1. The lowest BCUT2D eigenvalue weighted by Gasteiger charge is -2.09. The first kappa shape index (κ1) is 15.9. The second-order valence-corrected chi connectivity index (χ2v) is 6.03. The minimum atomic E-state index is -0.0112. The maximum Gasteiger partial charge on any atom is 0.191 e. The summed E-state index contributed by atoms with van der Waals surface area (Å²) in [4.78, 5) is 12.2. The van der Waals surface area contributed by atoms with Gasteiger partial charge in [0.05, 0.1) is 17.9 Å². The molecule has 0 saturated carbocycles. The number of hydrogen-bond acceptors (Lipinski definition) is 5. The van der Waals surface area contributed by atoms with Crippen LogP contribution in [0.3, 0.4) is 0 Å². The van der Waals surface area contributed by atoms with Crippen LogP contribution >= 0.6 is 23.4 Å². The molecule has 5 nitrogen and oxygen atoms in total. The average molecular weight is 326 g/mol. The Morgan fingerprint density at radius 1 is 1.48 bits per heavy atom. The van der Waals surface area contributed by atoms with Crippen LogP contribution in [0.15, 0.2) is 29.7 Å². The molecule has 1 aromatic heterocycles. The van der Waals surface area contributed by atoms with Crippen LogP contribution in [0.1, 0.15) is 30.2 Å². The van der Waals surface area contributed by atoms with E-state index in [0.717, 1.165) is 5.16 Å². The third-order valence-corrected chi connectivity index (χ3v) is 4.16. The highest BCUT2D eigenvalue weighted by Crippen LogP contribution is 2.26. The van der Waals surface area contributed by atoms with Crippen molar-refractivity contribution in [1.29, 1.82) is 0 Å². The highest BCUT2D eigenvalue weighted by atomic mass is 35.5. The molecule has 0 unspecified atom stereocenters. The Kier molecular flexibility index (Phi) is 5.25. The SMILES string of the molecule is COc1ccc(C(=O)CSc2nncn2C(C)C)cc1Cl. The van der Waals surface area contributed by atoms with E-state index in [1.807, 2.05) is 18.4 Å². The van der Waals surface area contributed by atoms with Crippen molar-refractivity contribution in [2.24, 2.45) is 0 Å². The zero-order valence-electron chi connectivity index (χ0n) is 12.0. The monoisotopic (exact) mass is 325 g/mol. The molecule has 0 aliphatic rings. The summed E-state index contributed by atoms with van der Waals surface area (Å²) in [5.41, 5.74) is 0.559. The van der Waals surface area contributed by atoms with Crippen LogP contribution in [-0.4, -0.2) is 33.4 Å². The van der Waals surface area contributed by atoms with Crippen LogP contribution in [0.25, 0.3) is 0 Å². The standard InChI is InChI=1S/C14H16ClN3O2S/c1-9(2)18-8-16-17-14(18)21-7-12(19)10-4-5-13(20-3)11(15)6-10/h4-6,8-9H,7H2,1-3H3. The van der Waals surface area contributed by atoms with Gasteiger partial charge in [-0.1, -0.05) is 23.4 Å². The number of thioether (sulfide) groups is 1. The molecule has 0 bridgehead atoms. The summed E-state index contributed by atoms with van der Waals surface area (Å²) in [7, 11) is 1.54. The Morgan fingerprint density at radius 2 is 2.24 bits per heavy atom. The van der Waals surface area contributed by atoms with Crippen LogP contribution < -0.4 is 4.74 Å². The molecule has 2 aromatic rings. The van der Waals surface area contributed by atoms with Gasteiger partial charge in [0.1, 0.15) is 12.1 Å². The van der Waals surface area contributed by atoms with Crippen LogP contribution in [0.2, 0.25) is 5.02 Å². The topological polar surface area (TPSA) is 57.0 Å². The van der Waals surface area contributed by atoms with Gasteiger partial charge in [-0.3, -0.25) is 4.79 Å². The number of halogens is 1. The highest BCUT2D eigenvalue weighted by molar-refractivity contribution is 7.99. The molecule has 112 valence electrons. The van der Waals surface area contributed by atoms with Crippen LogP contribution in [0.4, 0.5) is 0 Å². The van der Waals surface area contributed by atoms with Crippen molar-refractivity contribution in [1.82, 2.24) is 14.8 Å². The van der Waals surface area contributed by atoms with Crippen molar-refractivity contribution in [2.45, 2.75) is 25.0 Å². The summed E-state index contributed by atoms with van der Waals surface area (Å²) in [6.07, 6.45) is 1.67. The molecular weight excluding hydrogens is 310 g/mol. The summed E-state index contributed by atoms with van der Waals surface area (Å²) in [6.45, 7) is 4.08. The van der Waals surface area contributed by atoms with Gasteiger partial charge in [-0.25, -0.2) is 0 Å². The normalized spacial score (nSPS) is 10.9. The molecule has 2 rings (SSSR count). The highest BCUT2D eigenvalue weighted by Gasteiger charge is 2.13. The van der Waals surface area contributed by atoms with E-state index in [4.69, 9.17) is 16.3 Å². The lowest BCUT2D eigenvalue weighted by Crippen LogP contribution is -2.06. The van der Waals surface area contributed by atoms with E-state index in [2.05, 4.69) is 10.2 Å². The summed E-state index contributed by atoms with van der Waals surface area (Å²) in [5.74, 6) is 0.830. The minimum Gasteiger partial charge on any atom is -0.495 e. The van der Waals surface area contributed by atoms with Gasteiger partial charge in [0, 0.05) is 11.6 Å². The molecule has 0 aliphatic carbocycles. The lowest BCUT2D eigenvalue weighted by molar-refractivity contribution is 0.102. The van der Waals surface area contributed by atoms with E-state index in [1.165, 1.54) is 18.9 Å². The van der Waals surface area contributed by atoms with E-state index in [0.29, 0.717) is 16.3 Å². The zero-order chi connectivity index (χ0) is 15.4. The maximum atomic E-state index is 12.2. The molecule has 0 amide bonds. The molecule has 0 spiro atoms. The van der Waals surface area contributed by atoms with Crippen LogP contribution in [0.5, 0.6) is 5.75 Å². The number of Topliss-reactive ketones (excluding diaryl/α,β-unsaturated/α-hetero) is 1. The van der Waals surface area contributed by atoms with Gasteiger partial charge < -0.3 is 9.30 Å². The van der Waals surface area contributed by atoms with Crippen LogP contribution in [0, 0.1) is 0 Å². The molecule has 7 heteroatoms. The van der Waals surface area contributed by atoms with E-state index < -0.39 is 0 Å². The molecule has 0 fully saturated rings. The minimum absolute atomic E-state index is 0.0112. The summed E-state index contributed by atoms with van der Waals surface area (Å²) in [5, 5.41) is 9.06. The van der Waals surface area contributed by atoms with Gasteiger partial charge >= 0.3 is 0 Å². The molecule has 0 aliphatic heterocycles. The zero-order valence-corrected chi connectivity index (χ0v) is 13.6. The maximum absolute atomic E-state index is 12.2. The van der Waals surface area contributed by atoms with Gasteiger partial charge in [0.25, 0.3) is 0 Å². The predicted molar refractivity (Wildman–Crippen MR) is 83.5 cm³/mol.